The highest BCUT2D eigenvalue weighted by atomic mass is 15.2. The molecule has 0 radical (unpaired) electrons. The Bertz CT molecular complexity index is 388. The van der Waals surface area contributed by atoms with Gasteiger partial charge in [0.05, 0.1) is 0 Å². The third kappa shape index (κ3) is 3.99. The zero-order valence-electron chi connectivity index (χ0n) is 13.3. The average molecular weight is 274 g/mol. The second-order valence-corrected chi connectivity index (χ2v) is 6.69. The van der Waals surface area contributed by atoms with Gasteiger partial charge < -0.3 is 10.6 Å². The first-order valence-corrected chi connectivity index (χ1v) is 8.20. The van der Waals surface area contributed by atoms with Crippen LogP contribution in [0, 0.1) is 5.92 Å². The first-order chi connectivity index (χ1) is 9.58. The van der Waals surface area contributed by atoms with Crippen molar-refractivity contribution >= 4 is 5.69 Å². The highest BCUT2D eigenvalue weighted by molar-refractivity contribution is 5.49. The Labute approximate surface area is 124 Å². The lowest BCUT2D eigenvalue weighted by atomic mass is 10.1. The number of hydrogen-bond donors (Lipinski definition) is 1. The Kier molecular flexibility index (Phi) is 5.47. The highest BCUT2D eigenvalue weighted by Gasteiger charge is 2.22. The summed E-state index contributed by atoms with van der Waals surface area (Å²) in [6.07, 6.45) is 6.76. The Hall–Kier alpha value is -1.02. The topological polar surface area (TPSA) is 29.3 Å². The third-order valence-corrected chi connectivity index (χ3v) is 4.46. The van der Waals surface area contributed by atoms with Gasteiger partial charge >= 0.3 is 0 Å². The van der Waals surface area contributed by atoms with Gasteiger partial charge in [0, 0.05) is 24.3 Å². The maximum atomic E-state index is 5.95. The molecule has 20 heavy (non-hydrogen) atoms. The fourth-order valence-corrected chi connectivity index (χ4v) is 3.11. The summed E-state index contributed by atoms with van der Waals surface area (Å²) >= 11 is 0. The van der Waals surface area contributed by atoms with Gasteiger partial charge in [-0.05, 0) is 49.8 Å². The second kappa shape index (κ2) is 7.12. The lowest BCUT2D eigenvalue weighted by molar-refractivity contribution is 0.528. The van der Waals surface area contributed by atoms with Crippen molar-refractivity contribution in [1.29, 1.82) is 0 Å². The van der Waals surface area contributed by atoms with E-state index in [0.29, 0.717) is 0 Å². The molecule has 0 spiro atoms. The molecule has 0 aromatic heterocycles. The molecule has 1 aliphatic carbocycles. The average Bonchev–Trinajstić information content (AvgIpc) is 2.93. The molecule has 0 amide bonds. The van der Waals surface area contributed by atoms with E-state index in [1.807, 2.05) is 6.92 Å². The van der Waals surface area contributed by atoms with Crippen LogP contribution in [0.2, 0.25) is 0 Å². The molecule has 1 aliphatic rings. The molecular formula is C18H30N2. The predicted octanol–water partition coefficient (Wildman–Crippen LogP) is 4.50. The minimum absolute atomic E-state index is 0.125. The molecule has 1 atom stereocenters. The largest absolute Gasteiger partial charge is 0.369 e. The summed E-state index contributed by atoms with van der Waals surface area (Å²) in [7, 11) is 0. The number of hydrogen-bond acceptors (Lipinski definition) is 2. The maximum absolute atomic E-state index is 5.95. The van der Waals surface area contributed by atoms with Crippen molar-refractivity contribution in [2.45, 2.75) is 65.0 Å². The minimum atomic E-state index is 0.125. The SMILES string of the molecule is CC(C)CCN(c1ccc([C@@H](C)N)cc1)C1CCCC1. The van der Waals surface area contributed by atoms with Crippen LogP contribution in [-0.4, -0.2) is 12.6 Å². The van der Waals surface area contributed by atoms with Crippen molar-refractivity contribution in [3.05, 3.63) is 29.8 Å². The number of rotatable bonds is 6. The van der Waals surface area contributed by atoms with E-state index in [1.165, 1.54) is 49.9 Å². The summed E-state index contributed by atoms with van der Waals surface area (Å²) < 4.78 is 0. The standard InChI is InChI=1S/C18H30N2/c1-14(2)12-13-20(17-6-4-5-7-17)18-10-8-16(9-11-18)15(3)19/h8-11,14-15,17H,4-7,12-13,19H2,1-3H3/t15-/m1/s1. The van der Waals surface area contributed by atoms with E-state index in [-0.39, 0.29) is 6.04 Å². The van der Waals surface area contributed by atoms with Crippen LogP contribution in [0.4, 0.5) is 5.69 Å². The molecule has 2 heteroatoms. The van der Waals surface area contributed by atoms with Gasteiger partial charge in [-0.1, -0.05) is 38.8 Å². The van der Waals surface area contributed by atoms with Crippen LogP contribution >= 0.6 is 0 Å². The lowest BCUT2D eigenvalue weighted by Crippen LogP contribution is -2.34. The van der Waals surface area contributed by atoms with Crippen molar-refractivity contribution in [2.75, 3.05) is 11.4 Å². The van der Waals surface area contributed by atoms with Crippen molar-refractivity contribution in [1.82, 2.24) is 0 Å². The summed E-state index contributed by atoms with van der Waals surface area (Å²) in [5, 5.41) is 0. The van der Waals surface area contributed by atoms with Gasteiger partial charge in [0.15, 0.2) is 0 Å². The van der Waals surface area contributed by atoms with Crippen molar-refractivity contribution in [3.8, 4) is 0 Å². The normalized spacial score (nSPS) is 17.6. The van der Waals surface area contributed by atoms with E-state index in [1.54, 1.807) is 0 Å². The van der Waals surface area contributed by atoms with Gasteiger partial charge in [-0.3, -0.25) is 0 Å². The predicted molar refractivity (Wildman–Crippen MR) is 88.1 cm³/mol. The van der Waals surface area contributed by atoms with Crippen LogP contribution in [0.1, 0.15) is 64.5 Å². The van der Waals surface area contributed by atoms with Crippen LogP contribution in [0.25, 0.3) is 0 Å². The first-order valence-electron chi connectivity index (χ1n) is 8.20. The van der Waals surface area contributed by atoms with Crippen molar-refractivity contribution in [3.63, 3.8) is 0 Å². The molecule has 1 aromatic rings. The van der Waals surface area contributed by atoms with Gasteiger partial charge in [0.2, 0.25) is 0 Å². The van der Waals surface area contributed by atoms with E-state index < -0.39 is 0 Å². The van der Waals surface area contributed by atoms with Gasteiger partial charge in [-0.2, -0.15) is 0 Å². The Balaban J connectivity index is 2.11. The Morgan fingerprint density at radius 3 is 2.20 bits per heavy atom. The number of benzene rings is 1. The number of anilines is 1. The minimum Gasteiger partial charge on any atom is -0.369 e. The Morgan fingerprint density at radius 1 is 1.10 bits per heavy atom. The van der Waals surface area contributed by atoms with E-state index >= 15 is 0 Å². The molecule has 2 N–H and O–H groups in total. The van der Waals surface area contributed by atoms with Crippen LogP contribution < -0.4 is 10.6 Å². The molecule has 0 saturated heterocycles. The first kappa shape index (κ1) is 15.4. The van der Waals surface area contributed by atoms with Gasteiger partial charge in [0.25, 0.3) is 0 Å². The monoisotopic (exact) mass is 274 g/mol. The zero-order valence-corrected chi connectivity index (χ0v) is 13.3. The van der Waals surface area contributed by atoms with Crippen LogP contribution in [0.15, 0.2) is 24.3 Å². The van der Waals surface area contributed by atoms with Crippen molar-refractivity contribution in [2.24, 2.45) is 11.7 Å². The summed E-state index contributed by atoms with van der Waals surface area (Å²) in [5.74, 6) is 0.766. The number of nitrogens with two attached hydrogens (primary N) is 1. The fourth-order valence-electron chi connectivity index (χ4n) is 3.11. The summed E-state index contributed by atoms with van der Waals surface area (Å²) in [6.45, 7) is 7.85. The summed E-state index contributed by atoms with van der Waals surface area (Å²) in [6, 6.07) is 9.78. The quantitative estimate of drug-likeness (QED) is 0.827. The van der Waals surface area contributed by atoms with E-state index in [0.717, 1.165) is 12.0 Å². The summed E-state index contributed by atoms with van der Waals surface area (Å²) in [4.78, 5) is 2.64. The molecule has 1 fully saturated rings. The summed E-state index contributed by atoms with van der Waals surface area (Å²) in [5.41, 5.74) is 8.55. The molecule has 1 aromatic carbocycles. The van der Waals surface area contributed by atoms with E-state index in [2.05, 4.69) is 43.0 Å². The van der Waals surface area contributed by atoms with Crippen LogP contribution in [0.3, 0.4) is 0 Å². The molecule has 2 nitrogen and oxygen atoms in total. The van der Waals surface area contributed by atoms with Gasteiger partial charge in [-0.25, -0.2) is 0 Å². The van der Waals surface area contributed by atoms with E-state index in [4.69, 9.17) is 5.73 Å². The van der Waals surface area contributed by atoms with Crippen LogP contribution in [0.5, 0.6) is 0 Å². The molecule has 112 valence electrons. The number of nitrogens with zero attached hydrogens (tertiary/aromatic N) is 1. The smallest absolute Gasteiger partial charge is 0.0368 e. The molecule has 1 saturated carbocycles. The molecule has 0 unspecified atom stereocenters. The van der Waals surface area contributed by atoms with Crippen molar-refractivity contribution < 1.29 is 0 Å². The van der Waals surface area contributed by atoms with E-state index in [9.17, 15) is 0 Å². The third-order valence-electron chi connectivity index (χ3n) is 4.46. The van der Waals surface area contributed by atoms with Gasteiger partial charge in [-0.15, -0.1) is 0 Å². The maximum Gasteiger partial charge on any atom is 0.0368 e. The van der Waals surface area contributed by atoms with Gasteiger partial charge in [0.1, 0.15) is 0 Å². The van der Waals surface area contributed by atoms with Crippen LogP contribution in [-0.2, 0) is 0 Å². The second-order valence-electron chi connectivity index (χ2n) is 6.69. The molecule has 0 heterocycles. The highest BCUT2D eigenvalue weighted by Crippen LogP contribution is 2.29. The fraction of sp³-hybridized carbons (Fsp3) is 0.667. The Morgan fingerprint density at radius 2 is 1.70 bits per heavy atom. The molecule has 2 rings (SSSR count). The molecule has 0 aliphatic heterocycles. The zero-order chi connectivity index (χ0) is 14.5. The molecule has 0 bridgehead atoms. The lowest BCUT2D eigenvalue weighted by Gasteiger charge is -2.32. The molecular weight excluding hydrogens is 244 g/mol.